The zero-order valence-corrected chi connectivity index (χ0v) is 12.7. The van der Waals surface area contributed by atoms with Crippen molar-refractivity contribution < 1.29 is 4.79 Å². The van der Waals surface area contributed by atoms with Crippen molar-refractivity contribution >= 4 is 16.9 Å². The van der Waals surface area contributed by atoms with E-state index in [2.05, 4.69) is 29.1 Å². The summed E-state index contributed by atoms with van der Waals surface area (Å²) in [7, 11) is 0. The van der Waals surface area contributed by atoms with E-state index in [9.17, 15) is 4.79 Å². The molecule has 0 radical (unpaired) electrons. The number of aromatic amines is 1. The smallest absolute Gasteiger partial charge is 0.223 e. The molecule has 0 saturated heterocycles. The standard InChI is InChI=1S/C17H23N3O/c1-3-11(2)15(20-17(21)12-7-6-8-12)16-18-13-9-4-5-10-14(13)19-16/h4-5,9-12,15H,3,6-8H2,1-2H3,(H,18,19)(H,20,21)/t11-,15+/m1/s1. The topological polar surface area (TPSA) is 57.8 Å². The fourth-order valence-electron chi connectivity index (χ4n) is 2.78. The Bertz CT molecular complexity index is 597. The first-order chi connectivity index (χ1) is 10.2. The van der Waals surface area contributed by atoms with Crippen LogP contribution in [0.3, 0.4) is 0 Å². The molecule has 2 atom stereocenters. The summed E-state index contributed by atoms with van der Waals surface area (Å²) < 4.78 is 0. The second-order valence-corrected chi connectivity index (χ2v) is 6.14. The Labute approximate surface area is 125 Å². The van der Waals surface area contributed by atoms with Gasteiger partial charge in [0.1, 0.15) is 5.82 Å². The number of imidazole rings is 1. The Hall–Kier alpha value is -1.84. The van der Waals surface area contributed by atoms with Gasteiger partial charge >= 0.3 is 0 Å². The predicted molar refractivity (Wildman–Crippen MR) is 83.8 cm³/mol. The number of benzene rings is 1. The van der Waals surface area contributed by atoms with Gasteiger partial charge in [0.2, 0.25) is 5.91 Å². The summed E-state index contributed by atoms with van der Waals surface area (Å²) in [4.78, 5) is 20.3. The molecule has 21 heavy (non-hydrogen) atoms. The molecule has 4 nitrogen and oxygen atoms in total. The number of carbonyl (C=O) groups excluding carboxylic acids is 1. The molecule has 1 aromatic carbocycles. The van der Waals surface area contributed by atoms with Crippen molar-refractivity contribution in [2.75, 3.05) is 0 Å². The molecule has 1 saturated carbocycles. The van der Waals surface area contributed by atoms with Gasteiger partial charge in [-0.3, -0.25) is 4.79 Å². The highest BCUT2D eigenvalue weighted by Gasteiger charge is 2.30. The molecular formula is C17H23N3O. The van der Waals surface area contributed by atoms with Crippen LogP contribution in [0.25, 0.3) is 11.0 Å². The molecule has 1 fully saturated rings. The number of hydrogen-bond donors (Lipinski definition) is 2. The zero-order valence-electron chi connectivity index (χ0n) is 12.7. The Morgan fingerprint density at radius 1 is 1.43 bits per heavy atom. The van der Waals surface area contributed by atoms with Crippen LogP contribution in [0, 0.1) is 11.8 Å². The van der Waals surface area contributed by atoms with E-state index < -0.39 is 0 Å². The Balaban J connectivity index is 1.85. The number of H-pyrrole nitrogens is 1. The van der Waals surface area contributed by atoms with Gasteiger partial charge in [-0.1, -0.05) is 38.8 Å². The lowest BCUT2D eigenvalue weighted by atomic mass is 9.84. The number of aromatic nitrogens is 2. The fraction of sp³-hybridized carbons (Fsp3) is 0.529. The Morgan fingerprint density at radius 2 is 2.19 bits per heavy atom. The lowest BCUT2D eigenvalue weighted by Gasteiger charge is -2.29. The van der Waals surface area contributed by atoms with Gasteiger partial charge in [0.25, 0.3) is 0 Å². The van der Waals surface area contributed by atoms with Crippen molar-refractivity contribution in [3.63, 3.8) is 0 Å². The van der Waals surface area contributed by atoms with E-state index in [-0.39, 0.29) is 17.9 Å². The van der Waals surface area contributed by atoms with E-state index in [0.717, 1.165) is 36.1 Å². The van der Waals surface area contributed by atoms with Crippen LogP contribution in [0.15, 0.2) is 24.3 Å². The molecule has 2 N–H and O–H groups in total. The molecule has 0 spiro atoms. The third-order valence-electron chi connectivity index (χ3n) is 4.69. The van der Waals surface area contributed by atoms with Gasteiger partial charge in [-0.2, -0.15) is 0 Å². The third-order valence-corrected chi connectivity index (χ3v) is 4.69. The van der Waals surface area contributed by atoms with Gasteiger partial charge in [0, 0.05) is 5.92 Å². The minimum absolute atomic E-state index is 0.0319. The number of amides is 1. The molecule has 1 aromatic heterocycles. The number of nitrogens with zero attached hydrogens (tertiary/aromatic N) is 1. The van der Waals surface area contributed by atoms with Gasteiger partial charge in [-0.15, -0.1) is 0 Å². The van der Waals surface area contributed by atoms with Crippen molar-refractivity contribution in [2.45, 2.75) is 45.6 Å². The number of nitrogens with one attached hydrogen (secondary N) is 2. The summed E-state index contributed by atoms with van der Waals surface area (Å²) in [6.07, 6.45) is 4.24. The highest BCUT2D eigenvalue weighted by molar-refractivity contribution is 5.80. The molecule has 1 aliphatic carbocycles. The van der Waals surface area contributed by atoms with Crippen LogP contribution in [-0.2, 0) is 4.79 Å². The van der Waals surface area contributed by atoms with E-state index in [1.165, 1.54) is 6.42 Å². The lowest BCUT2D eigenvalue weighted by molar-refractivity contribution is -0.128. The molecule has 0 aliphatic heterocycles. The summed E-state index contributed by atoms with van der Waals surface area (Å²) in [6, 6.07) is 7.97. The van der Waals surface area contributed by atoms with E-state index in [0.29, 0.717) is 5.92 Å². The van der Waals surface area contributed by atoms with Crippen molar-refractivity contribution in [3.05, 3.63) is 30.1 Å². The van der Waals surface area contributed by atoms with E-state index in [1.54, 1.807) is 0 Å². The maximum atomic E-state index is 12.3. The van der Waals surface area contributed by atoms with Crippen molar-refractivity contribution in [1.82, 2.24) is 15.3 Å². The van der Waals surface area contributed by atoms with E-state index in [1.807, 2.05) is 24.3 Å². The summed E-state index contributed by atoms with van der Waals surface area (Å²) >= 11 is 0. The van der Waals surface area contributed by atoms with Gasteiger partial charge in [-0.05, 0) is 30.9 Å². The highest BCUT2D eigenvalue weighted by Crippen LogP contribution is 2.29. The first-order valence-corrected chi connectivity index (χ1v) is 7.94. The molecule has 4 heteroatoms. The highest BCUT2D eigenvalue weighted by atomic mass is 16.2. The molecule has 1 amide bonds. The number of fused-ring (bicyclic) bond motifs is 1. The molecule has 1 heterocycles. The van der Waals surface area contributed by atoms with Crippen LogP contribution in [0.1, 0.15) is 51.4 Å². The maximum Gasteiger partial charge on any atom is 0.223 e. The maximum absolute atomic E-state index is 12.3. The molecule has 112 valence electrons. The number of hydrogen-bond acceptors (Lipinski definition) is 2. The van der Waals surface area contributed by atoms with Crippen molar-refractivity contribution in [2.24, 2.45) is 11.8 Å². The van der Waals surface area contributed by atoms with Gasteiger partial charge in [0.05, 0.1) is 17.1 Å². The normalized spacial score (nSPS) is 18.2. The minimum atomic E-state index is -0.0319. The first-order valence-electron chi connectivity index (χ1n) is 7.94. The average molecular weight is 285 g/mol. The molecule has 1 aliphatic rings. The Kier molecular flexibility index (Phi) is 3.95. The Morgan fingerprint density at radius 3 is 2.81 bits per heavy atom. The van der Waals surface area contributed by atoms with E-state index >= 15 is 0 Å². The lowest BCUT2D eigenvalue weighted by Crippen LogP contribution is -2.39. The number of rotatable bonds is 5. The number of carbonyl (C=O) groups is 1. The average Bonchev–Trinajstić information content (AvgIpc) is 2.85. The van der Waals surface area contributed by atoms with Crippen LogP contribution in [0.4, 0.5) is 0 Å². The molecule has 2 aromatic rings. The van der Waals surface area contributed by atoms with E-state index in [4.69, 9.17) is 0 Å². The molecule has 0 bridgehead atoms. The second-order valence-electron chi connectivity index (χ2n) is 6.14. The van der Waals surface area contributed by atoms with Crippen molar-refractivity contribution in [3.8, 4) is 0 Å². The van der Waals surface area contributed by atoms with Crippen LogP contribution < -0.4 is 5.32 Å². The van der Waals surface area contributed by atoms with Crippen LogP contribution in [-0.4, -0.2) is 15.9 Å². The van der Waals surface area contributed by atoms with Crippen LogP contribution in [0.5, 0.6) is 0 Å². The van der Waals surface area contributed by atoms with Crippen molar-refractivity contribution in [1.29, 1.82) is 0 Å². The van der Waals surface area contributed by atoms with Crippen LogP contribution >= 0.6 is 0 Å². The summed E-state index contributed by atoms with van der Waals surface area (Å²) in [5.41, 5.74) is 1.98. The van der Waals surface area contributed by atoms with Gasteiger partial charge < -0.3 is 10.3 Å². The minimum Gasteiger partial charge on any atom is -0.346 e. The molecule has 0 unspecified atom stereocenters. The SMILES string of the molecule is CC[C@@H](C)[C@H](NC(=O)C1CCC1)c1nc2ccccc2[nH]1. The monoisotopic (exact) mass is 285 g/mol. The fourth-order valence-corrected chi connectivity index (χ4v) is 2.78. The molecular weight excluding hydrogens is 262 g/mol. The summed E-state index contributed by atoms with van der Waals surface area (Å²) in [5, 5.41) is 3.21. The summed E-state index contributed by atoms with van der Waals surface area (Å²) in [6.45, 7) is 4.31. The van der Waals surface area contributed by atoms with Gasteiger partial charge in [-0.25, -0.2) is 4.98 Å². The summed E-state index contributed by atoms with van der Waals surface area (Å²) in [5.74, 6) is 1.63. The largest absolute Gasteiger partial charge is 0.346 e. The first kappa shape index (κ1) is 14.1. The predicted octanol–water partition coefficient (Wildman–Crippen LogP) is 3.57. The molecule has 3 rings (SSSR count). The zero-order chi connectivity index (χ0) is 14.8. The second kappa shape index (κ2) is 5.88. The number of para-hydroxylation sites is 2. The quantitative estimate of drug-likeness (QED) is 0.882. The third kappa shape index (κ3) is 2.80. The van der Waals surface area contributed by atoms with Crippen LogP contribution in [0.2, 0.25) is 0 Å². The van der Waals surface area contributed by atoms with Gasteiger partial charge in [0.15, 0.2) is 0 Å².